The number of hydrogen-bond acceptors (Lipinski definition) is 3. The fourth-order valence-corrected chi connectivity index (χ4v) is 1.50. The number of anilines is 1. The summed E-state index contributed by atoms with van der Waals surface area (Å²) in [7, 11) is 1.99. The summed E-state index contributed by atoms with van der Waals surface area (Å²) in [6.45, 7) is 4.82. The van der Waals surface area contributed by atoms with Crippen LogP contribution < -0.4 is 15.4 Å². The molecule has 0 amide bonds. The largest absolute Gasteiger partial charge is 0.494 e. The maximum Gasteiger partial charge on any atom is 0.119 e. The van der Waals surface area contributed by atoms with E-state index in [2.05, 4.69) is 22.8 Å². The van der Waals surface area contributed by atoms with Crippen LogP contribution in [0.15, 0.2) is 24.3 Å². The highest BCUT2D eigenvalue weighted by Crippen LogP contribution is 2.15. The van der Waals surface area contributed by atoms with Crippen LogP contribution in [0.2, 0.25) is 0 Å². The standard InChI is InChI=1S/C13H22N2O/c1-3-16-13-8-6-12(7-9-13)15-11-5-4-10-14-2/h6-9,14-15H,3-5,10-11H2,1-2H3. The molecule has 16 heavy (non-hydrogen) atoms. The van der Waals surface area contributed by atoms with Gasteiger partial charge in [0.1, 0.15) is 5.75 Å². The van der Waals surface area contributed by atoms with E-state index in [0.29, 0.717) is 0 Å². The molecule has 0 aliphatic heterocycles. The minimum absolute atomic E-state index is 0.719. The van der Waals surface area contributed by atoms with Crippen LogP contribution in [0.1, 0.15) is 19.8 Å². The molecule has 90 valence electrons. The molecule has 0 saturated carbocycles. The first-order valence-electron chi connectivity index (χ1n) is 5.98. The topological polar surface area (TPSA) is 33.3 Å². The van der Waals surface area contributed by atoms with Crippen LogP contribution in [0.3, 0.4) is 0 Å². The third-order valence-corrected chi connectivity index (χ3v) is 2.35. The Kier molecular flexibility index (Phi) is 6.42. The lowest BCUT2D eigenvalue weighted by molar-refractivity contribution is 0.340. The first-order chi connectivity index (χ1) is 7.86. The molecule has 0 heterocycles. The molecular formula is C13H22N2O. The number of nitrogens with one attached hydrogen (secondary N) is 2. The van der Waals surface area contributed by atoms with Crippen molar-refractivity contribution in [2.24, 2.45) is 0 Å². The van der Waals surface area contributed by atoms with Crippen LogP contribution in [0, 0.1) is 0 Å². The number of rotatable bonds is 8. The quantitative estimate of drug-likeness (QED) is 0.663. The molecule has 0 spiro atoms. The van der Waals surface area contributed by atoms with Gasteiger partial charge in [0.15, 0.2) is 0 Å². The van der Waals surface area contributed by atoms with Gasteiger partial charge in [-0.15, -0.1) is 0 Å². The number of unbranched alkanes of at least 4 members (excludes halogenated alkanes) is 1. The van der Waals surface area contributed by atoms with Gasteiger partial charge in [0.25, 0.3) is 0 Å². The fourth-order valence-electron chi connectivity index (χ4n) is 1.50. The highest BCUT2D eigenvalue weighted by Gasteiger charge is 1.94. The second-order valence-electron chi connectivity index (χ2n) is 3.69. The van der Waals surface area contributed by atoms with Crippen molar-refractivity contribution in [1.82, 2.24) is 5.32 Å². The second-order valence-corrected chi connectivity index (χ2v) is 3.69. The Hall–Kier alpha value is -1.22. The molecule has 0 aliphatic rings. The van der Waals surface area contributed by atoms with Crippen LogP contribution in [-0.2, 0) is 0 Å². The average molecular weight is 222 g/mol. The summed E-state index contributed by atoms with van der Waals surface area (Å²) in [6.07, 6.45) is 2.40. The molecule has 0 atom stereocenters. The van der Waals surface area contributed by atoms with Gasteiger partial charge in [-0.25, -0.2) is 0 Å². The van der Waals surface area contributed by atoms with Crippen molar-refractivity contribution >= 4 is 5.69 Å². The van der Waals surface area contributed by atoms with Gasteiger partial charge in [-0.05, 0) is 57.6 Å². The summed E-state index contributed by atoms with van der Waals surface area (Å²) in [4.78, 5) is 0. The third kappa shape index (κ3) is 5.03. The zero-order chi connectivity index (χ0) is 11.6. The van der Waals surface area contributed by atoms with Crippen LogP contribution >= 0.6 is 0 Å². The van der Waals surface area contributed by atoms with E-state index >= 15 is 0 Å². The zero-order valence-electron chi connectivity index (χ0n) is 10.3. The van der Waals surface area contributed by atoms with Crippen molar-refractivity contribution in [3.63, 3.8) is 0 Å². The summed E-state index contributed by atoms with van der Waals surface area (Å²) >= 11 is 0. The van der Waals surface area contributed by atoms with E-state index in [-0.39, 0.29) is 0 Å². The Labute approximate surface area is 98.2 Å². The average Bonchev–Trinajstić information content (AvgIpc) is 2.31. The van der Waals surface area contributed by atoms with Crippen LogP contribution in [0.4, 0.5) is 5.69 Å². The maximum atomic E-state index is 5.38. The molecule has 3 heteroatoms. The normalized spacial score (nSPS) is 10.1. The molecule has 2 N–H and O–H groups in total. The molecule has 0 aromatic heterocycles. The molecule has 0 saturated heterocycles. The number of ether oxygens (including phenoxy) is 1. The van der Waals surface area contributed by atoms with Gasteiger partial charge in [-0.2, -0.15) is 0 Å². The molecule has 1 aromatic rings. The molecule has 0 aliphatic carbocycles. The van der Waals surface area contributed by atoms with E-state index in [9.17, 15) is 0 Å². The summed E-state index contributed by atoms with van der Waals surface area (Å²) in [5.74, 6) is 0.934. The molecule has 0 fully saturated rings. The van der Waals surface area contributed by atoms with Gasteiger partial charge in [0, 0.05) is 12.2 Å². The van der Waals surface area contributed by atoms with Crippen molar-refractivity contribution < 1.29 is 4.74 Å². The van der Waals surface area contributed by atoms with Crippen molar-refractivity contribution in [2.75, 3.05) is 32.1 Å². The minimum atomic E-state index is 0.719. The van der Waals surface area contributed by atoms with E-state index in [4.69, 9.17) is 4.74 Å². The smallest absolute Gasteiger partial charge is 0.119 e. The Morgan fingerprint density at radius 1 is 1.06 bits per heavy atom. The summed E-state index contributed by atoms with van der Waals surface area (Å²) in [5, 5.41) is 6.53. The van der Waals surface area contributed by atoms with Crippen molar-refractivity contribution in [2.45, 2.75) is 19.8 Å². The fraction of sp³-hybridized carbons (Fsp3) is 0.538. The first-order valence-corrected chi connectivity index (χ1v) is 5.98. The Bertz CT molecular complexity index is 272. The number of hydrogen-bond donors (Lipinski definition) is 2. The lowest BCUT2D eigenvalue weighted by Crippen LogP contribution is -2.10. The lowest BCUT2D eigenvalue weighted by Gasteiger charge is -2.07. The summed E-state index contributed by atoms with van der Waals surface area (Å²) in [6, 6.07) is 8.12. The molecule has 0 bridgehead atoms. The van der Waals surface area contributed by atoms with Crippen molar-refractivity contribution in [1.29, 1.82) is 0 Å². The second kappa shape index (κ2) is 7.99. The van der Waals surface area contributed by atoms with Crippen LogP contribution in [0.5, 0.6) is 5.75 Å². The Morgan fingerprint density at radius 2 is 1.75 bits per heavy atom. The van der Waals surface area contributed by atoms with E-state index < -0.39 is 0 Å². The van der Waals surface area contributed by atoms with E-state index in [1.54, 1.807) is 0 Å². The van der Waals surface area contributed by atoms with Crippen LogP contribution in [0.25, 0.3) is 0 Å². The van der Waals surface area contributed by atoms with Crippen LogP contribution in [-0.4, -0.2) is 26.7 Å². The van der Waals surface area contributed by atoms with Gasteiger partial charge in [-0.3, -0.25) is 0 Å². The predicted octanol–water partition coefficient (Wildman–Crippen LogP) is 2.50. The van der Waals surface area contributed by atoms with E-state index in [1.165, 1.54) is 12.8 Å². The lowest BCUT2D eigenvalue weighted by atomic mass is 10.2. The van der Waals surface area contributed by atoms with Gasteiger partial charge >= 0.3 is 0 Å². The van der Waals surface area contributed by atoms with E-state index in [0.717, 1.165) is 31.1 Å². The Morgan fingerprint density at radius 3 is 2.38 bits per heavy atom. The molecule has 1 rings (SSSR count). The zero-order valence-corrected chi connectivity index (χ0v) is 10.3. The Balaban J connectivity index is 2.21. The first kappa shape index (κ1) is 12.8. The van der Waals surface area contributed by atoms with Gasteiger partial charge in [-0.1, -0.05) is 0 Å². The van der Waals surface area contributed by atoms with E-state index in [1.807, 2.05) is 26.1 Å². The molecular weight excluding hydrogens is 200 g/mol. The van der Waals surface area contributed by atoms with Gasteiger partial charge in [0.05, 0.1) is 6.61 Å². The molecule has 0 radical (unpaired) electrons. The molecule has 3 nitrogen and oxygen atoms in total. The van der Waals surface area contributed by atoms with Crippen molar-refractivity contribution in [3.8, 4) is 5.75 Å². The predicted molar refractivity (Wildman–Crippen MR) is 69.3 cm³/mol. The van der Waals surface area contributed by atoms with Gasteiger partial charge in [0.2, 0.25) is 0 Å². The molecule has 1 aromatic carbocycles. The molecule has 0 unspecified atom stereocenters. The monoisotopic (exact) mass is 222 g/mol. The van der Waals surface area contributed by atoms with Crippen molar-refractivity contribution in [3.05, 3.63) is 24.3 Å². The summed E-state index contributed by atoms with van der Waals surface area (Å²) in [5.41, 5.74) is 1.16. The highest BCUT2D eigenvalue weighted by molar-refractivity contribution is 5.46. The maximum absolute atomic E-state index is 5.38. The van der Waals surface area contributed by atoms with Gasteiger partial charge < -0.3 is 15.4 Å². The minimum Gasteiger partial charge on any atom is -0.494 e. The highest BCUT2D eigenvalue weighted by atomic mass is 16.5. The third-order valence-electron chi connectivity index (χ3n) is 2.35. The number of benzene rings is 1. The summed E-state index contributed by atoms with van der Waals surface area (Å²) < 4.78 is 5.38. The SMILES string of the molecule is CCOc1ccc(NCCCCNC)cc1.